The van der Waals surface area contributed by atoms with Gasteiger partial charge >= 0.3 is 0 Å². The van der Waals surface area contributed by atoms with Crippen LogP contribution >= 0.6 is 11.6 Å². The van der Waals surface area contributed by atoms with E-state index in [1.807, 2.05) is 4.90 Å². The van der Waals surface area contributed by atoms with E-state index in [9.17, 15) is 14.4 Å². The Morgan fingerprint density at radius 3 is 2.19 bits per heavy atom. The largest absolute Gasteiger partial charge is 0.376 e. The number of amides is 3. The number of nitrogens with one attached hydrogen (secondary N) is 3. The molecule has 8 heteroatoms. The van der Waals surface area contributed by atoms with E-state index >= 15 is 0 Å². The van der Waals surface area contributed by atoms with Crippen molar-refractivity contribution in [2.24, 2.45) is 0 Å². The molecule has 0 heterocycles. The molecule has 0 radical (unpaired) electrons. The predicted molar refractivity (Wildman–Crippen MR) is 146 cm³/mol. The standard InChI is InChI=1S/C28H37ClN4O3/c1-3-16-33(17-4-2)28(36)20-10-12-22(13-11-20)31-26(34)19-30-23-14-15-25(29)24(18-23)27(35)32-21-8-6-5-7-9-21/h10-15,18,21,30H,3-9,16-17,19H2,1-2H3,(H,31,34)(H,32,35). The number of halogens is 1. The maximum absolute atomic E-state index is 12.7. The van der Waals surface area contributed by atoms with Gasteiger partial charge in [0.05, 0.1) is 17.1 Å². The summed E-state index contributed by atoms with van der Waals surface area (Å²) in [5.74, 6) is -0.425. The number of benzene rings is 2. The van der Waals surface area contributed by atoms with E-state index in [0.29, 0.717) is 27.5 Å². The Morgan fingerprint density at radius 1 is 0.917 bits per heavy atom. The third kappa shape index (κ3) is 7.98. The van der Waals surface area contributed by atoms with Crippen LogP contribution in [0.15, 0.2) is 42.5 Å². The molecule has 2 aromatic rings. The minimum atomic E-state index is -0.240. The zero-order chi connectivity index (χ0) is 25.9. The van der Waals surface area contributed by atoms with Crippen molar-refractivity contribution in [1.82, 2.24) is 10.2 Å². The molecule has 1 fully saturated rings. The Hall–Kier alpha value is -3.06. The molecule has 1 saturated carbocycles. The maximum Gasteiger partial charge on any atom is 0.253 e. The summed E-state index contributed by atoms with van der Waals surface area (Å²) >= 11 is 6.27. The summed E-state index contributed by atoms with van der Waals surface area (Å²) in [6, 6.07) is 12.2. The Labute approximate surface area is 219 Å². The SMILES string of the molecule is CCCN(CCC)C(=O)c1ccc(NC(=O)CNc2ccc(Cl)c(C(=O)NC3CCCCC3)c2)cc1. The second-order valence-electron chi connectivity index (χ2n) is 9.27. The van der Waals surface area contributed by atoms with Gasteiger partial charge < -0.3 is 20.9 Å². The van der Waals surface area contributed by atoms with Crippen molar-refractivity contribution in [3.63, 3.8) is 0 Å². The van der Waals surface area contributed by atoms with Crippen molar-refractivity contribution in [1.29, 1.82) is 0 Å². The molecule has 2 aromatic carbocycles. The summed E-state index contributed by atoms with van der Waals surface area (Å²) < 4.78 is 0. The van der Waals surface area contributed by atoms with E-state index < -0.39 is 0 Å². The first-order valence-corrected chi connectivity index (χ1v) is 13.3. The van der Waals surface area contributed by atoms with Crippen molar-refractivity contribution in [2.45, 2.75) is 64.8 Å². The summed E-state index contributed by atoms with van der Waals surface area (Å²) in [5.41, 5.74) is 2.25. The van der Waals surface area contributed by atoms with Crippen molar-refractivity contribution in [3.05, 3.63) is 58.6 Å². The Bertz CT molecular complexity index is 1030. The summed E-state index contributed by atoms with van der Waals surface area (Å²) in [6.07, 6.45) is 7.28. The molecule has 0 unspecified atom stereocenters. The molecule has 1 aliphatic carbocycles. The smallest absolute Gasteiger partial charge is 0.253 e. The first-order valence-electron chi connectivity index (χ1n) is 12.9. The minimum absolute atomic E-state index is 0.00399. The highest BCUT2D eigenvalue weighted by molar-refractivity contribution is 6.34. The number of nitrogens with zero attached hydrogens (tertiary/aromatic N) is 1. The van der Waals surface area contributed by atoms with Gasteiger partial charge in [-0.25, -0.2) is 0 Å². The van der Waals surface area contributed by atoms with Crippen LogP contribution in [0.4, 0.5) is 11.4 Å². The van der Waals surface area contributed by atoms with Gasteiger partial charge in [0.1, 0.15) is 0 Å². The van der Waals surface area contributed by atoms with Crippen molar-refractivity contribution in [3.8, 4) is 0 Å². The second-order valence-corrected chi connectivity index (χ2v) is 9.68. The minimum Gasteiger partial charge on any atom is -0.376 e. The molecule has 0 saturated heterocycles. The van der Waals surface area contributed by atoms with Crippen molar-refractivity contribution >= 4 is 40.7 Å². The quantitative estimate of drug-likeness (QED) is 0.359. The topological polar surface area (TPSA) is 90.5 Å². The average Bonchev–Trinajstić information content (AvgIpc) is 2.88. The maximum atomic E-state index is 12.7. The first-order chi connectivity index (χ1) is 17.4. The molecule has 36 heavy (non-hydrogen) atoms. The second kappa shape index (κ2) is 13.9. The fraction of sp³-hybridized carbons (Fsp3) is 0.464. The summed E-state index contributed by atoms with van der Waals surface area (Å²) in [5, 5.41) is 9.34. The number of rotatable bonds is 11. The molecule has 7 nitrogen and oxygen atoms in total. The predicted octanol–water partition coefficient (Wildman–Crippen LogP) is 5.72. The van der Waals surface area contributed by atoms with Crippen molar-refractivity contribution in [2.75, 3.05) is 30.3 Å². The van der Waals surface area contributed by atoms with Crippen LogP contribution in [0.25, 0.3) is 0 Å². The Kier molecular flexibility index (Phi) is 10.6. The lowest BCUT2D eigenvalue weighted by Crippen LogP contribution is -2.36. The molecular formula is C28H37ClN4O3. The highest BCUT2D eigenvalue weighted by Crippen LogP contribution is 2.23. The molecular weight excluding hydrogens is 476 g/mol. The number of anilines is 2. The van der Waals surface area contributed by atoms with Crippen LogP contribution in [0.5, 0.6) is 0 Å². The van der Waals surface area contributed by atoms with Crippen LogP contribution in [-0.2, 0) is 4.79 Å². The van der Waals surface area contributed by atoms with Crippen LogP contribution in [0.2, 0.25) is 5.02 Å². The Morgan fingerprint density at radius 2 is 1.56 bits per heavy atom. The summed E-state index contributed by atoms with van der Waals surface area (Å²) in [6.45, 7) is 5.59. The normalized spacial score (nSPS) is 13.6. The summed E-state index contributed by atoms with van der Waals surface area (Å²) in [7, 11) is 0. The Balaban J connectivity index is 1.53. The molecule has 0 spiro atoms. The van der Waals surface area contributed by atoms with E-state index in [1.165, 1.54) is 6.42 Å². The van der Waals surface area contributed by atoms with Crippen LogP contribution in [0.1, 0.15) is 79.5 Å². The molecule has 3 N–H and O–H groups in total. The van der Waals surface area contributed by atoms with Crippen LogP contribution in [0, 0.1) is 0 Å². The van der Waals surface area contributed by atoms with Gasteiger partial charge in [0.15, 0.2) is 0 Å². The van der Waals surface area contributed by atoms with E-state index in [4.69, 9.17) is 11.6 Å². The van der Waals surface area contributed by atoms with Crippen molar-refractivity contribution < 1.29 is 14.4 Å². The summed E-state index contributed by atoms with van der Waals surface area (Å²) in [4.78, 5) is 39.8. The molecule has 0 bridgehead atoms. The van der Waals surface area contributed by atoms with E-state index in [1.54, 1.807) is 42.5 Å². The van der Waals surface area contributed by atoms with Gasteiger partial charge in [-0.3, -0.25) is 14.4 Å². The van der Waals surface area contributed by atoms with Gasteiger partial charge in [-0.05, 0) is 68.1 Å². The number of carbonyl (C=O) groups excluding carboxylic acids is 3. The molecule has 1 aliphatic rings. The van der Waals surface area contributed by atoms with Crippen LogP contribution in [-0.4, -0.2) is 48.3 Å². The lowest BCUT2D eigenvalue weighted by molar-refractivity contribution is -0.114. The molecule has 3 amide bonds. The zero-order valence-electron chi connectivity index (χ0n) is 21.2. The highest BCUT2D eigenvalue weighted by atomic mass is 35.5. The van der Waals surface area contributed by atoms with E-state index in [0.717, 1.165) is 51.6 Å². The van der Waals surface area contributed by atoms with Gasteiger partial charge in [-0.1, -0.05) is 44.7 Å². The molecule has 194 valence electrons. The monoisotopic (exact) mass is 512 g/mol. The third-order valence-corrected chi connectivity index (χ3v) is 6.62. The van der Waals surface area contributed by atoms with Gasteiger partial charge in [-0.15, -0.1) is 0 Å². The first kappa shape index (κ1) is 27.5. The number of hydrogen-bond donors (Lipinski definition) is 3. The van der Waals surface area contributed by atoms with Gasteiger partial charge in [0.2, 0.25) is 5.91 Å². The molecule has 0 aromatic heterocycles. The third-order valence-electron chi connectivity index (χ3n) is 6.29. The molecule has 3 rings (SSSR count). The van der Waals surface area contributed by atoms with Crippen LogP contribution < -0.4 is 16.0 Å². The lowest BCUT2D eigenvalue weighted by atomic mass is 9.95. The molecule has 0 aliphatic heterocycles. The van der Waals surface area contributed by atoms with Gasteiger partial charge in [-0.2, -0.15) is 0 Å². The van der Waals surface area contributed by atoms with E-state index in [-0.39, 0.29) is 30.3 Å². The van der Waals surface area contributed by atoms with Gasteiger partial charge in [0, 0.05) is 36.1 Å². The zero-order valence-corrected chi connectivity index (χ0v) is 22.0. The highest BCUT2D eigenvalue weighted by Gasteiger charge is 2.19. The lowest BCUT2D eigenvalue weighted by Gasteiger charge is -2.23. The number of carbonyl (C=O) groups is 3. The number of hydrogen-bond acceptors (Lipinski definition) is 4. The fourth-order valence-electron chi connectivity index (χ4n) is 4.44. The van der Waals surface area contributed by atoms with Crippen LogP contribution in [0.3, 0.4) is 0 Å². The fourth-order valence-corrected chi connectivity index (χ4v) is 4.64. The van der Waals surface area contributed by atoms with Gasteiger partial charge in [0.25, 0.3) is 11.8 Å². The molecule has 0 atom stereocenters. The van der Waals surface area contributed by atoms with E-state index in [2.05, 4.69) is 29.8 Å². The average molecular weight is 513 g/mol.